The number of methoxy groups -OCH3 is 1. The van der Waals surface area contributed by atoms with E-state index in [-0.39, 0.29) is 0 Å². The van der Waals surface area contributed by atoms with Crippen molar-refractivity contribution in [1.82, 2.24) is 0 Å². The number of hydrogen-bond donors (Lipinski definition) is 0. The minimum absolute atomic E-state index is 0.744. The first-order valence-electron chi connectivity index (χ1n) is 3.32. The third kappa shape index (κ3) is 2.51. The molecule has 12 heavy (non-hydrogen) atoms. The zero-order chi connectivity index (χ0) is 8.97. The quantitative estimate of drug-likeness (QED) is 0.719. The van der Waals surface area contributed by atoms with E-state index in [0.29, 0.717) is 0 Å². The number of rotatable bonds is 3. The first-order valence-corrected chi connectivity index (χ1v) is 6.25. The van der Waals surface area contributed by atoms with Crippen LogP contribution in [0.2, 0.25) is 5.02 Å². The smallest absolute Gasteiger partial charge is 0.120 e. The molecule has 0 aliphatic carbocycles. The van der Waals surface area contributed by atoms with Crippen LogP contribution in [-0.4, -0.2) is 13.4 Å². The molecule has 66 valence electrons. The van der Waals surface area contributed by atoms with Crippen molar-refractivity contribution in [3.05, 3.63) is 23.2 Å². The average Bonchev–Trinajstić information content (AvgIpc) is 2.09. The fraction of sp³-hybridized carbons (Fsp3) is 0.250. The maximum absolute atomic E-state index is 5.97. The van der Waals surface area contributed by atoms with E-state index in [1.54, 1.807) is 28.7 Å². The summed E-state index contributed by atoms with van der Waals surface area (Å²) >= 11 is 5.97. The van der Waals surface area contributed by atoms with E-state index in [9.17, 15) is 0 Å². The van der Waals surface area contributed by atoms with Crippen molar-refractivity contribution in [2.75, 3.05) is 13.4 Å². The van der Waals surface area contributed by atoms with Gasteiger partial charge in [0.1, 0.15) is 5.75 Å². The third-order valence-corrected chi connectivity index (χ3v) is 3.48. The van der Waals surface area contributed by atoms with Crippen molar-refractivity contribution in [1.29, 1.82) is 0 Å². The molecule has 0 radical (unpaired) electrons. The summed E-state index contributed by atoms with van der Waals surface area (Å²) in [6.07, 6.45) is 2.02. The summed E-state index contributed by atoms with van der Waals surface area (Å²) in [5, 5.41) is 0.744. The molecule has 0 saturated heterocycles. The van der Waals surface area contributed by atoms with E-state index in [0.717, 1.165) is 15.7 Å². The highest BCUT2D eigenvalue weighted by atomic mass is 35.5. The molecule has 1 aromatic carbocycles. The van der Waals surface area contributed by atoms with E-state index in [4.69, 9.17) is 16.3 Å². The van der Waals surface area contributed by atoms with Crippen molar-refractivity contribution in [3.8, 4) is 5.75 Å². The van der Waals surface area contributed by atoms with Crippen molar-refractivity contribution < 1.29 is 4.74 Å². The minimum atomic E-state index is 0.744. The Morgan fingerprint density at radius 3 is 2.67 bits per heavy atom. The maximum Gasteiger partial charge on any atom is 0.120 e. The lowest BCUT2D eigenvalue weighted by atomic mass is 10.3. The number of hydrogen-bond acceptors (Lipinski definition) is 3. The van der Waals surface area contributed by atoms with Crippen LogP contribution in [0.3, 0.4) is 0 Å². The highest BCUT2D eigenvalue weighted by Gasteiger charge is 2.01. The van der Waals surface area contributed by atoms with Gasteiger partial charge in [-0.1, -0.05) is 33.2 Å². The summed E-state index contributed by atoms with van der Waals surface area (Å²) in [7, 11) is 4.96. The fourth-order valence-corrected chi connectivity index (χ4v) is 2.61. The summed E-state index contributed by atoms with van der Waals surface area (Å²) in [5.74, 6) is 0.797. The van der Waals surface area contributed by atoms with Crippen molar-refractivity contribution >= 4 is 33.2 Å². The predicted molar refractivity (Wildman–Crippen MR) is 57.4 cm³/mol. The second-order valence-electron chi connectivity index (χ2n) is 2.05. The van der Waals surface area contributed by atoms with Crippen molar-refractivity contribution in [3.63, 3.8) is 0 Å². The molecule has 0 amide bonds. The Kier molecular flexibility index (Phi) is 4.12. The van der Waals surface area contributed by atoms with Gasteiger partial charge in [-0.2, -0.15) is 0 Å². The minimum Gasteiger partial charge on any atom is -0.497 e. The summed E-state index contributed by atoms with van der Waals surface area (Å²) in [6, 6.07) is 5.69. The topological polar surface area (TPSA) is 9.23 Å². The predicted octanol–water partition coefficient (Wildman–Crippen LogP) is 3.72. The van der Waals surface area contributed by atoms with Gasteiger partial charge in [0.15, 0.2) is 0 Å². The highest BCUT2D eigenvalue weighted by molar-refractivity contribution is 8.76. The largest absolute Gasteiger partial charge is 0.497 e. The Labute approximate surface area is 85.2 Å². The van der Waals surface area contributed by atoms with Gasteiger partial charge < -0.3 is 4.74 Å². The monoisotopic (exact) mass is 220 g/mol. The summed E-state index contributed by atoms with van der Waals surface area (Å²) in [4.78, 5) is 1.07. The lowest BCUT2D eigenvalue weighted by Gasteiger charge is -2.03. The first-order chi connectivity index (χ1) is 5.77. The standard InChI is InChI=1S/C8H9ClOS2/c1-10-6-3-4-8(12-11-2)7(9)5-6/h3-5H,1-2H3. The summed E-state index contributed by atoms with van der Waals surface area (Å²) in [5.41, 5.74) is 0. The van der Waals surface area contributed by atoms with Gasteiger partial charge in [-0.25, -0.2) is 0 Å². The molecule has 0 fully saturated rings. The molecule has 1 nitrogen and oxygen atoms in total. The normalized spacial score (nSPS) is 9.92. The Morgan fingerprint density at radius 1 is 1.42 bits per heavy atom. The Morgan fingerprint density at radius 2 is 2.17 bits per heavy atom. The molecule has 0 aliphatic heterocycles. The van der Waals surface area contributed by atoms with Crippen LogP contribution < -0.4 is 4.74 Å². The second kappa shape index (κ2) is 4.90. The first kappa shape index (κ1) is 10.1. The molecule has 0 aromatic heterocycles. The van der Waals surface area contributed by atoms with Gasteiger partial charge in [-0.3, -0.25) is 0 Å². The molecule has 0 unspecified atom stereocenters. The molecule has 0 saturated carbocycles. The van der Waals surface area contributed by atoms with Crippen LogP contribution in [0.15, 0.2) is 23.1 Å². The Bertz CT molecular complexity index is 265. The summed E-state index contributed by atoms with van der Waals surface area (Å²) < 4.78 is 5.03. The van der Waals surface area contributed by atoms with Crippen LogP contribution in [-0.2, 0) is 0 Å². The van der Waals surface area contributed by atoms with Gasteiger partial charge in [-0.05, 0) is 24.5 Å². The van der Waals surface area contributed by atoms with Crippen LogP contribution in [0.25, 0.3) is 0 Å². The summed E-state index contributed by atoms with van der Waals surface area (Å²) in [6.45, 7) is 0. The van der Waals surface area contributed by atoms with Gasteiger partial charge >= 0.3 is 0 Å². The van der Waals surface area contributed by atoms with E-state index >= 15 is 0 Å². The van der Waals surface area contributed by atoms with E-state index in [2.05, 4.69) is 0 Å². The molecule has 4 heteroatoms. The van der Waals surface area contributed by atoms with Crippen LogP contribution in [0.5, 0.6) is 5.75 Å². The van der Waals surface area contributed by atoms with Crippen LogP contribution in [0.1, 0.15) is 0 Å². The molecule has 0 heterocycles. The van der Waals surface area contributed by atoms with Crippen LogP contribution >= 0.6 is 33.2 Å². The number of benzene rings is 1. The van der Waals surface area contributed by atoms with Crippen molar-refractivity contribution in [2.24, 2.45) is 0 Å². The Balaban J connectivity index is 2.87. The molecular weight excluding hydrogens is 212 g/mol. The van der Waals surface area contributed by atoms with Crippen LogP contribution in [0.4, 0.5) is 0 Å². The molecule has 0 atom stereocenters. The van der Waals surface area contributed by atoms with Crippen molar-refractivity contribution in [2.45, 2.75) is 4.90 Å². The molecule has 0 N–H and O–H groups in total. The average molecular weight is 221 g/mol. The third-order valence-electron chi connectivity index (χ3n) is 1.31. The molecule has 0 spiro atoms. The second-order valence-corrected chi connectivity index (χ2v) is 4.89. The van der Waals surface area contributed by atoms with E-state index in [1.165, 1.54) is 0 Å². The zero-order valence-corrected chi connectivity index (χ0v) is 9.22. The fourth-order valence-electron chi connectivity index (χ4n) is 0.766. The van der Waals surface area contributed by atoms with Gasteiger partial charge in [-0.15, -0.1) is 0 Å². The SMILES string of the molecule is COc1ccc(SSC)c(Cl)c1. The number of ether oxygens (including phenoxy) is 1. The zero-order valence-electron chi connectivity index (χ0n) is 6.83. The number of halogens is 1. The maximum atomic E-state index is 5.97. The molecule has 1 rings (SSSR count). The van der Waals surface area contributed by atoms with Gasteiger partial charge in [0.05, 0.1) is 12.1 Å². The molecule has 0 aliphatic rings. The van der Waals surface area contributed by atoms with E-state index in [1.807, 2.05) is 24.5 Å². The lowest BCUT2D eigenvalue weighted by Crippen LogP contribution is -1.82. The van der Waals surface area contributed by atoms with Gasteiger partial charge in [0, 0.05) is 4.90 Å². The highest BCUT2D eigenvalue weighted by Crippen LogP contribution is 2.35. The Hall–Kier alpha value is 0.01000. The van der Waals surface area contributed by atoms with Gasteiger partial charge in [0.2, 0.25) is 0 Å². The lowest BCUT2D eigenvalue weighted by molar-refractivity contribution is 0.414. The van der Waals surface area contributed by atoms with E-state index < -0.39 is 0 Å². The van der Waals surface area contributed by atoms with Crippen LogP contribution in [0, 0.1) is 0 Å². The molecule has 0 bridgehead atoms. The molecular formula is C8H9ClOS2. The molecule has 1 aromatic rings. The van der Waals surface area contributed by atoms with Gasteiger partial charge in [0.25, 0.3) is 0 Å².